The molecule has 6 nitrogen and oxygen atoms in total. The van der Waals surface area contributed by atoms with E-state index >= 15 is 0 Å². The molecule has 0 atom stereocenters. The summed E-state index contributed by atoms with van der Waals surface area (Å²) in [5.41, 5.74) is 3.88. The molecule has 0 fully saturated rings. The molecular formula is C19H16N4O2S. The van der Waals surface area contributed by atoms with Gasteiger partial charge in [0.2, 0.25) is 9.84 Å². The van der Waals surface area contributed by atoms with Crippen LogP contribution in [0.2, 0.25) is 0 Å². The second-order valence-corrected chi connectivity index (χ2v) is 7.07. The summed E-state index contributed by atoms with van der Waals surface area (Å²) in [6.45, 7) is 0. The molecule has 3 aromatic carbocycles. The van der Waals surface area contributed by atoms with Crippen molar-refractivity contribution in [1.82, 2.24) is 0 Å². The van der Waals surface area contributed by atoms with Gasteiger partial charge in [-0.1, -0.05) is 54.6 Å². The lowest BCUT2D eigenvalue weighted by Gasteiger charge is -2.05. The molecule has 7 heteroatoms. The van der Waals surface area contributed by atoms with Gasteiger partial charge in [0, 0.05) is 0 Å². The lowest BCUT2D eigenvalue weighted by atomic mass is 10.3. The number of hydrogen-bond donors (Lipinski definition) is 1. The first kappa shape index (κ1) is 17.5. The van der Waals surface area contributed by atoms with Gasteiger partial charge in [0.05, 0.1) is 16.3 Å². The molecule has 0 aliphatic rings. The lowest BCUT2D eigenvalue weighted by molar-refractivity contribution is 0.606. The van der Waals surface area contributed by atoms with E-state index in [0.717, 1.165) is 0 Å². The minimum atomic E-state index is -3.91. The van der Waals surface area contributed by atoms with Crippen LogP contribution in [0.15, 0.2) is 111 Å². The van der Waals surface area contributed by atoms with Crippen LogP contribution in [-0.4, -0.2) is 13.6 Å². The van der Waals surface area contributed by atoms with Crippen LogP contribution in [-0.2, 0) is 9.84 Å². The number of rotatable bonds is 4. The van der Waals surface area contributed by atoms with E-state index in [4.69, 9.17) is 0 Å². The van der Waals surface area contributed by atoms with E-state index in [0.29, 0.717) is 11.4 Å². The van der Waals surface area contributed by atoms with E-state index < -0.39 is 15.0 Å². The molecule has 0 unspecified atom stereocenters. The highest BCUT2D eigenvalue weighted by Crippen LogP contribution is 2.17. The summed E-state index contributed by atoms with van der Waals surface area (Å²) < 4.78 is 25.7. The van der Waals surface area contributed by atoms with Crippen molar-refractivity contribution in [2.75, 3.05) is 5.43 Å². The normalized spacial score (nSPS) is 12.2. The minimum Gasteiger partial charge on any atom is -0.276 e. The van der Waals surface area contributed by atoms with Crippen LogP contribution in [0.5, 0.6) is 0 Å². The van der Waals surface area contributed by atoms with Gasteiger partial charge in [0.15, 0.2) is 0 Å². The fourth-order valence-electron chi connectivity index (χ4n) is 2.06. The molecule has 0 saturated heterocycles. The number of nitrogens with zero attached hydrogens (tertiary/aromatic N) is 3. The van der Waals surface area contributed by atoms with Crippen LogP contribution in [0.3, 0.4) is 0 Å². The van der Waals surface area contributed by atoms with Crippen molar-refractivity contribution in [1.29, 1.82) is 0 Å². The van der Waals surface area contributed by atoms with Gasteiger partial charge in [-0.2, -0.15) is 0 Å². The fraction of sp³-hybridized carbons (Fsp3) is 0. The highest BCUT2D eigenvalue weighted by atomic mass is 32.2. The van der Waals surface area contributed by atoms with E-state index in [2.05, 4.69) is 20.8 Å². The number of amidine groups is 1. The summed E-state index contributed by atoms with van der Waals surface area (Å²) in [5.74, 6) is 0. The van der Waals surface area contributed by atoms with Gasteiger partial charge < -0.3 is 0 Å². The smallest absolute Gasteiger partial charge is 0.276 e. The van der Waals surface area contributed by atoms with E-state index in [1.54, 1.807) is 54.6 Å². The fourth-order valence-corrected chi connectivity index (χ4v) is 3.10. The Labute approximate surface area is 151 Å². The topological polar surface area (TPSA) is 83.2 Å². The van der Waals surface area contributed by atoms with Gasteiger partial charge >= 0.3 is 0 Å². The van der Waals surface area contributed by atoms with Gasteiger partial charge in [0.1, 0.15) is 0 Å². The monoisotopic (exact) mass is 364 g/mol. The SMILES string of the molecule is O=S(=O)(/C(N=Nc1ccccc1)=N/Nc1ccccc1)c1ccccc1. The third-order valence-electron chi connectivity index (χ3n) is 3.36. The summed E-state index contributed by atoms with van der Waals surface area (Å²) in [6, 6.07) is 25.9. The number of hydrogen-bond acceptors (Lipinski definition) is 5. The molecule has 0 bridgehead atoms. The quantitative estimate of drug-likeness (QED) is 0.317. The van der Waals surface area contributed by atoms with Crippen molar-refractivity contribution in [3.8, 4) is 0 Å². The number of sulfone groups is 1. The molecule has 0 heterocycles. The molecule has 3 aromatic rings. The number of benzene rings is 3. The van der Waals surface area contributed by atoms with E-state index in [1.807, 2.05) is 24.3 Å². The first-order valence-corrected chi connectivity index (χ1v) is 9.30. The van der Waals surface area contributed by atoms with Crippen molar-refractivity contribution in [2.24, 2.45) is 15.3 Å². The van der Waals surface area contributed by atoms with Crippen molar-refractivity contribution in [2.45, 2.75) is 4.90 Å². The van der Waals surface area contributed by atoms with Crippen LogP contribution < -0.4 is 5.43 Å². The van der Waals surface area contributed by atoms with E-state index in [9.17, 15) is 8.42 Å². The molecule has 130 valence electrons. The van der Waals surface area contributed by atoms with Gasteiger partial charge in [-0.25, -0.2) is 8.42 Å². The Morgan fingerprint density at radius 2 is 1.27 bits per heavy atom. The average molecular weight is 364 g/mol. The van der Waals surface area contributed by atoms with Crippen LogP contribution >= 0.6 is 0 Å². The molecule has 0 aliphatic heterocycles. The first-order valence-electron chi connectivity index (χ1n) is 7.82. The predicted octanol–water partition coefficient (Wildman–Crippen LogP) is 4.63. The highest BCUT2D eigenvalue weighted by Gasteiger charge is 2.23. The predicted molar refractivity (Wildman–Crippen MR) is 102 cm³/mol. The van der Waals surface area contributed by atoms with E-state index in [-0.39, 0.29) is 4.90 Å². The molecule has 0 amide bonds. The number of anilines is 1. The summed E-state index contributed by atoms with van der Waals surface area (Å²) >= 11 is 0. The Bertz CT molecular complexity index is 1000. The van der Waals surface area contributed by atoms with E-state index in [1.165, 1.54) is 12.1 Å². The maximum Gasteiger partial charge on any atom is 0.289 e. The molecule has 3 rings (SSSR count). The van der Waals surface area contributed by atoms with Crippen LogP contribution in [0.25, 0.3) is 0 Å². The first-order chi connectivity index (χ1) is 12.7. The highest BCUT2D eigenvalue weighted by molar-refractivity contribution is 8.06. The number of azo groups is 1. The number of nitrogens with one attached hydrogen (secondary N) is 1. The molecule has 1 N–H and O–H groups in total. The van der Waals surface area contributed by atoms with Crippen LogP contribution in [0.1, 0.15) is 0 Å². The zero-order valence-corrected chi connectivity index (χ0v) is 14.5. The molecule has 0 spiro atoms. The van der Waals surface area contributed by atoms with Gasteiger partial charge in [0.25, 0.3) is 5.17 Å². The third kappa shape index (κ3) is 4.40. The summed E-state index contributed by atoms with van der Waals surface area (Å²) in [7, 11) is -3.91. The van der Waals surface area contributed by atoms with Crippen LogP contribution in [0.4, 0.5) is 11.4 Å². The maximum atomic E-state index is 12.9. The van der Waals surface area contributed by atoms with Gasteiger partial charge in [-0.05, 0) is 36.4 Å². The number of hydrazone groups is 1. The number of para-hydroxylation sites is 1. The molecule has 0 radical (unpaired) electrons. The van der Waals surface area contributed by atoms with Crippen molar-refractivity contribution in [3.05, 3.63) is 91.0 Å². The summed E-state index contributed by atoms with van der Waals surface area (Å²) in [4.78, 5) is 0.0978. The zero-order valence-electron chi connectivity index (χ0n) is 13.7. The summed E-state index contributed by atoms with van der Waals surface area (Å²) in [6.07, 6.45) is 0. The third-order valence-corrected chi connectivity index (χ3v) is 4.90. The largest absolute Gasteiger partial charge is 0.289 e. The Kier molecular flexibility index (Phi) is 5.50. The summed E-state index contributed by atoms with van der Waals surface area (Å²) in [5, 5.41) is 11.4. The van der Waals surface area contributed by atoms with Gasteiger partial charge in [-0.3, -0.25) is 5.43 Å². The standard InChI is InChI=1S/C19H16N4O2S/c24-26(25,18-14-8-3-9-15-18)19(22-20-16-10-4-1-5-11-16)23-21-17-12-6-2-7-13-17/h1-15,20H/b22-19+,23-21?. The van der Waals surface area contributed by atoms with Crippen LogP contribution in [0, 0.1) is 0 Å². The maximum absolute atomic E-state index is 12.9. The average Bonchev–Trinajstić information content (AvgIpc) is 2.70. The zero-order chi connectivity index (χ0) is 18.2. The molecule has 0 aliphatic carbocycles. The Hall–Kier alpha value is -3.32. The Morgan fingerprint density at radius 3 is 1.88 bits per heavy atom. The van der Waals surface area contributed by atoms with Crippen molar-refractivity contribution in [3.63, 3.8) is 0 Å². The Morgan fingerprint density at radius 1 is 0.731 bits per heavy atom. The minimum absolute atomic E-state index is 0.0978. The Balaban J connectivity index is 1.97. The molecular weight excluding hydrogens is 348 g/mol. The van der Waals surface area contributed by atoms with Crippen molar-refractivity contribution >= 4 is 26.4 Å². The van der Waals surface area contributed by atoms with Crippen molar-refractivity contribution < 1.29 is 8.42 Å². The molecule has 0 saturated carbocycles. The van der Waals surface area contributed by atoms with Gasteiger partial charge in [-0.15, -0.1) is 15.3 Å². The second kappa shape index (κ2) is 8.17. The lowest BCUT2D eigenvalue weighted by Crippen LogP contribution is -2.14. The second-order valence-electron chi connectivity index (χ2n) is 5.22. The molecule has 0 aromatic heterocycles. The molecule has 26 heavy (non-hydrogen) atoms.